The predicted octanol–water partition coefficient (Wildman–Crippen LogP) is 2.09. The largest absolute Gasteiger partial charge is 0.491 e. The van der Waals surface area contributed by atoms with E-state index in [1.807, 2.05) is 13.8 Å². The van der Waals surface area contributed by atoms with Crippen LogP contribution >= 0.6 is 0 Å². The minimum Gasteiger partial charge on any atom is -0.491 e. The number of carbonyl (C=O) groups excluding carboxylic acids is 1. The van der Waals surface area contributed by atoms with Gasteiger partial charge >= 0.3 is 0 Å². The van der Waals surface area contributed by atoms with Crippen LogP contribution in [0.1, 0.15) is 30.6 Å². The Bertz CT molecular complexity index is 558. The average Bonchev–Trinajstić information content (AvgIpc) is 2.69. The summed E-state index contributed by atoms with van der Waals surface area (Å²) >= 11 is 0. The van der Waals surface area contributed by atoms with Gasteiger partial charge in [0.25, 0.3) is 0 Å². The molecule has 0 N–H and O–H groups in total. The van der Waals surface area contributed by atoms with Crippen LogP contribution in [-0.4, -0.2) is 31.8 Å². The Balaban J connectivity index is 2.08. The van der Waals surface area contributed by atoms with Crippen molar-refractivity contribution < 1.29 is 17.9 Å². The quantitative estimate of drug-likeness (QED) is 0.793. The highest BCUT2D eigenvalue weighted by Gasteiger charge is 2.33. The van der Waals surface area contributed by atoms with Gasteiger partial charge in [-0.2, -0.15) is 0 Å². The van der Waals surface area contributed by atoms with Gasteiger partial charge in [-0.05, 0) is 44.5 Å². The van der Waals surface area contributed by atoms with Crippen molar-refractivity contribution >= 4 is 15.6 Å². The molecule has 19 heavy (non-hydrogen) atoms. The second-order valence-corrected chi connectivity index (χ2v) is 7.38. The maximum Gasteiger partial charge on any atom is 0.166 e. The van der Waals surface area contributed by atoms with Crippen LogP contribution in [0.15, 0.2) is 24.3 Å². The molecule has 0 radical (unpaired) electrons. The van der Waals surface area contributed by atoms with Crippen molar-refractivity contribution in [2.75, 3.05) is 11.5 Å². The van der Waals surface area contributed by atoms with Crippen LogP contribution in [-0.2, 0) is 9.84 Å². The Kier molecular flexibility index (Phi) is 3.94. The van der Waals surface area contributed by atoms with E-state index in [1.165, 1.54) is 0 Å². The summed E-state index contributed by atoms with van der Waals surface area (Å²) in [7, 11) is -3.02. The van der Waals surface area contributed by atoms with Gasteiger partial charge in [0.1, 0.15) is 5.75 Å². The van der Waals surface area contributed by atoms with Gasteiger partial charge in [0.2, 0.25) is 0 Å². The summed E-state index contributed by atoms with van der Waals surface area (Å²) in [5.74, 6) is 0.346. The molecule has 1 aliphatic rings. The molecule has 2 rings (SSSR count). The number of carbonyl (C=O) groups is 1. The highest BCUT2D eigenvalue weighted by atomic mass is 32.2. The summed E-state index contributed by atoms with van der Waals surface area (Å²) in [5.41, 5.74) is 0.554. The normalized spacial score (nSPS) is 21.5. The van der Waals surface area contributed by atoms with Gasteiger partial charge in [0.05, 0.1) is 17.6 Å². The first-order chi connectivity index (χ1) is 8.87. The number of hydrogen-bond donors (Lipinski definition) is 0. The lowest BCUT2D eigenvalue weighted by molar-refractivity contribution is 0.0933. The fourth-order valence-corrected chi connectivity index (χ4v) is 3.95. The summed E-state index contributed by atoms with van der Waals surface area (Å²) in [5, 5.41) is 0. The third-order valence-electron chi connectivity index (χ3n) is 3.11. The molecule has 1 aliphatic heterocycles. The monoisotopic (exact) mass is 282 g/mol. The molecule has 0 amide bonds. The summed E-state index contributed by atoms with van der Waals surface area (Å²) in [6.07, 6.45) is 0.521. The highest BCUT2D eigenvalue weighted by molar-refractivity contribution is 7.91. The van der Waals surface area contributed by atoms with E-state index in [9.17, 15) is 13.2 Å². The third-order valence-corrected chi connectivity index (χ3v) is 4.88. The number of hydrogen-bond acceptors (Lipinski definition) is 4. The van der Waals surface area contributed by atoms with Crippen LogP contribution in [0.2, 0.25) is 0 Å². The molecule has 1 heterocycles. The summed E-state index contributed by atoms with van der Waals surface area (Å²) < 4.78 is 28.3. The molecule has 0 bridgehead atoms. The molecule has 1 fully saturated rings. The van der Waals surface area contributed by atoms with Crippen molar-refractivity contribution in [3.05, 3.63) is 29.8 Å². The number of benzene rings is 1. The standard InChI is InChI=1S/C14H18O4S/c1-10(2)18-13-5-3-11(4-6-13)14(15)12-7-8-19(16,17)9-12/h3-6,10,12H,7-9H2,1-2H3. The van der Waals surface area contributed by atoms with Gasteiger partial charge in [0, 0.05) is 11.5 Å². The van der Waals surface area contributed by atoms with Gasteiger partial charge in [-0.15, -0.1) is 0 Å². The number of ketones is 1. The maximum atomic E-state index is 12.2. The molecule has 1 atom stereocenters. The van der Waals surface area contributed by atoms with E-state index in [0.717, 1.165) is 0 Å². The van der Waals surface area contributed by atoms with Gasteiger partial charge in [0.15, 0.2) is 15.6 Å². The fourth-order valence-electron chi connectivity index (χ4n) is 2.21. The number of rotatable bonds is 4. The Labute approximate surface area is 113 Å². The first kappa shape index (κ1) is 14.1. The maximum absolute atomic E-state index is 12.2. The van der Waals surface area contributed by atoms with E-state index in [0.29, 0.717) is 17.7 Å². The van der Waals surface area contributed by atoms with E-state index in [2.05, 4.69) is 0 Å². The van der Waals surface area contributed by atoms with Gasteiger partial charge in [-0.3, -0.25) is 4.79 Å². The molecule has 0 aromatic heterocycles. The Hall–Kier alpha value is -1.36. The van der Waals surface area contributed by atoms with Crippen molar-refractivity contribution in [1.82, 2.24) is 0 Å². The average molecular weight is 282 g/mol. The van der Waals surface area contributed by atoms with Crippen molar-refractivity contribution in [2.24, 2.45) is 5.92 Å². The predicted molar refractivity (Wildman–Crippen MR) is 73.3 cm³/mol. The molecule has 0 saturated carbocycles. The fraction of sp³-hybridized carbons (Fsp3) is 0.500. The van der Waals surface area contributed by atoms with E-state index in [1.54, 1.807) is 24.3 Å². The molecular formula is C14H18O4S. The van der Waals surface area contributed by atoms with Crippen molar-refractivity contribution in [3.8, 4) is 5.75 Å². The van der Waals surface area contributed by atoms with Crippen LogP contribution in [0.25, 0.3) is 0 Å². The molecule has 0 spiro atoms. The zero-order valence-corrected chi connectivity index (χ0v) is 11.9. The molecule has 1 aromatic rings. The van der Waals surface area contributed by atoms with Crippen molar-refractivity contribution in [2.45, 2.75) is 26.4 Å². The lowest BCUT2D eigenvalue weighted by atomic mass is 9.97. The van der Waals surface area contributed by atoms with Gasteiger partial charge < -0.3 is 4.74 Å². The second-order valence-electron chi connectivity index (χ2n) is 5.16. The minimum absolute atomic E-state index is 0.0178. The van der Waals surface area contributed by atoms with Crippen LogP contribution in [0.4, 0.5) is 0 Å². The van der Waals surface area contributed by atoms with E-state index in [-0.39, 0.29) is 29.3 Å². The van der Waals surface area contributed by atoms with Crippen LogP contribution in [0.5, 0.6) is 5.75 Å². The lowest BCUT2D eigenvalue weighted by Gasteiger charge is -2.11. The van der Waals surface area contributed by atoms with Crippen LogP contribution < -0.4 is 4.74 Å². The molecule has 5 heteroatoms. The van der Waals surface area contributed by atoms with Crippen LogP contribution in [0.3, 0.4) is 0 Å². The SMILES string of the molecule is CC(C)Oc1ccc(C(=O)C2CCS(=O)(=O)C2)cc1. The second kappa shape index (κ2) is 5.33. The molecule has 1 aromatic carbocycles. The smallest absolute Gasteiger partial charge is 0.166 e. The molecule has 1 saturated heterocycles. The summed E-state index contributed by atoms with van der Waals surface area (Å²) in [6.45, 7) is 3.87. The molecule has 1 unspecified atom stereocenters. The number of sulfone groups is 1. The Morgan fingerprint density at radius 1 is 1.26 bits per heavy atom. The van der Waals surface area contributed by atoms with E-state index < -0.39 is 9.84 Å². The topological polar surface area (TPSA) is 60.4 Å². The Morgan fingerprint density at radius 2 is 1.89 bits per heavy atom. The van der Waals surface area contributed by atoms with Gasteiger partial charge in [-0.25, -0.2) is 8.42 Å². The van der Waals surface area contributed by atoms with Gasteiger partial charge in [-0.1, -0.05) is 0 Å². The molecule has 4 nitrogen and oxygen atoms in total. The minimum atomic E-state index is -3.02. The molecular weight excluding hydrogens is 264 g/mol. The van der Waals surface area contributed by atoms with E-state index in [4.69, 9.17) is 4.74 Å². The summed E-state index contributed by atoms with van der Waals surface area (Å²) in [6, 6.07) is 6.89. The van der Waals surface area contributed by atoms with Crippen molar-refractivity contribution in [3.63, 3.8) is 0 Å². The number of Topliss-reactive ketones (excluding diaryl/α,β-unsaturated/α-hetero) is 1. The zero-order valence-electron chi connectivity index (χ0n) is 11.1. The Morgan fingerprint density at radius 3 is 2.37 bits per heavy atom. The molecule has 0 aliphatic carbocycles. The lowest BCUT2D eigenvalue weighted by Crippen LogP contribution is -2.16. The first-order valence-corrected chi connectivity index (χ1v) is 8.21. The third kappa shape index (κ3) is 3.56. The first-order valence-electron chi connectivity index (χ1n) is 6.39. The number of ether oxygens (including phenoxy) is 1. The zero-order chi connectivity index (χ0) is 14.0. The van der Waals surface area contributed by atoms with E-state index >= 15 is 0 Å². The molecule has 104 valence electrons. The highest BCUT2D eigenvalue weighted by Crippen LogP contribution is 2.24. The summed E-state index contributed by atoms with van der Waals surface area (Å²) in [4.78, 5) is 12.2. The van der Waals surface area contributed by atoms with Crippen molar-refractivity contribution in [1.29, 1.82) is 0 Å². The van der Waals surface area contributed by atoms with Crippen LogP contribution in [0, 0.1) is 5.92 Å².